The van der Waals surface area contributed by atoms with Gasteiger partial charge in [0.25, 0.3) is 0 Å². The van der Waals surface area contributed by atoms with Crippen molar-refractivity contribution in [3.8, 4) is 0 Å². The monoisotopic (exact) mass is 376 g/mol. The van der Waals surface area contributed by atoms with E-state index in [1.165, 1.54) is 28.0 Å². The first-order valence-corrected chi connectivity index (χ1v) is 9.82. The number of halogens is 1. The Balaban J connectivity index is 1.82. The van der Waals surface area contributed by atoms with Crippen molar-refractivity contribution in [2.75, 3.05) is 26.2 Å². The lowest BCUT2D eigenvalue weighted by Gasteiger charge is -2.41. The summed E-state index contributed by atoms with van der Waals surface area (Å²) < 4.78 is 0. The molecular formula is C21H29ClN2O2. The molecule has 0 spiro atoms. The van der Waals surface area contributed by atoms with Crippen molar-refractivity contribution >= 4 is 23.3 Å². The highest BCUT2D eigenvalue weighted by atomic mass is 35.5. The summed E-state index contributed by atoms with van der Waals surface area (Å²) in [6.45, 7) is 9.72. The molecule has 2 aliphatic rings. The minimum absolute atomic E-state index is 0.244. The summed E-state index contributed by atoms with van der Waals surface area (Å²) in [7, 11) is 0. The molecule has 142 valence electrons. The van der Waals surface area contributed by atoms with Crippen molar-refractivity contribution in [2.24, 2.45) is 5.41 Å². The SMILES string of the molecule is CC1CN(C(=O)O)CCN1CC1=C(c2ccc(Cl)cc2)CC(C)(C)CC1. The first-order valence-electron chi connectivity index (χ1n) is 9.44. The standard InChI is InChI=1S/C21H29ClN2O2/c1-15-13-24(20(25)26)11-10-23(15)14-17-8-9-21(2,3)12-19(17)16-4-6-18(22)7-5-16/h4-7,15H,8-14H2,1-3H3,(H,25,26). The smallest absolute Gasteiger partial charge is 0.407 e. The number of rotatable bonds is 3. The Morgan fingerprint density at radius 3 is 2.58 bits per heavy atom. The Labute approximate surface area is 161 Å². The average Bonchev–Trinajstić information content (AvgIpc) is 2.58. The zero-order valence-electron chi connectivity index (χ0n) is 16.0. The van der Waals surface area contributed by atoms with Crippen LogP contribution in [0.1, 0.15) is 45.6 Å². The Morgan fingerprint density at radius 2 is 1.96 bits per heavy atom. The number of carboxylic acid groups (broad SMARTS) is 1. The Morgan fingerprint density at radius 1 is 1.27 bits per heavy atom. The third kappa shape index (κ3) is 4.41. The van der Waals surface area contributed by atoms with Crippen LogP contribution >= 0.6 is 11.6 Å². The molecule has 1 aromatic rings. The summed E-state index contributed by atoms with van der Waals surface area (Å²) in [5.41, 5.74) is 4.54. The minimum Gasteiger partial charge on any atom is -0.465 e. The molecule has 0 radical (unpaired) electrons. The average molecular weight is 377 g/mol. The summed E-state index contributed by atoms with van der Waals surface area (Å²) in [6, 6.07) is 8.44. The molecule has 4 nitrogen and oxygen atoms in total. The first kappa shape index (κ1) is 19.2. The van der Waals surface area contributed by atoms with Gasteiger partial charge >= 0.3 is 6.09 Å². The maximum Gasteiger partial charge on any atom is 0.407 e. The van der Waals surface area contributed by atoms with Crippen molar-refractivity contribution in [1.29, 1.82) is 0 Å². The molecule has 1 saturated heterocycles. The number of allylic oxidation sites excluding steroid dienone is 1. The predicted octanol–water partition coefficient (Wildman–Crippen LogP) is 4.99. The van der Waals surface area contributed by atoms with Crippen LogP contribution in [0.25, 0.3) is 5.57 Å². The minimum atomic E-state index is -0.808. The fourth-order valence-electron chi connectivity index (χ4n) is 4.11. The number of carbonyl (C=O) groups is 1. The number of hydrogen-bond donors (Lipinski definition) is 1. The van der Waals surface area contributed by atoms with E-state index in [4.69, 9.17) is 11.6 Å². The zero-order valence-corrected chi connectivity index (χ0v) is 16.7. The van der Waals surface area contributed by atoms with Gasteiger partial charge in [-0.15, -0.1) is 0 Å². The summed E-state index contributed by atoms with van der Waals surface area (Å²) in [6.07, 6.45) is 2.57. The lowest BCUT2D eigenvalue weighted by molar-refractivity contribution is 0.0796. The van der Waals surface area contributed by atoms with Crippen LogP contribution in [-0.4, -0.2) is 53.2 Å². The van der Waals surface area contributed by atoms with Gasteiger partial charge in [-0.2, -0.15) is 0 Å². The molecule has 1 unspecified atom stereocenters. The van der Waals surface area contributed by atoms with E-state index >= 15 is 0 Å². The summed E-state index contributed by atoms with van der Waals surface area (Å²) in [4.78, 5) is 15.2. The zero-order chi connectivity index (χ0) is 18.9. The Kier molecular flexibility index (Phi) is 5.64. The maximum atomic E-state index is 11.2. The van der Waals surface area contributed by atoms with E-state index in [2.05, 4.69) is 37.8 Å². The van der Waals surface area contributed by atoms with E-state index in [1.807, 2.05) is 12.1 Å². The summed E-state index contributed by atoms with van der Waals surface area (Å²) >= 11 is 6.08. The highest BCUT2D eigenvalue weighted by Crippen LogP contribution is 2.43. The van der Waals surface area contributed by atoms with Gasteiger partial charge < -0.3 is 10.0 Å². The van der Waals surface area contributed by atoms with Gasteiger partial charge in [0.15, 0.2) is 0 Å². The summed E-state index contributed by atoms with van der Waals surface area (Å²) in [5, 5.41) is 9.99. The van der Waals surface area contributed by atoms with E-state index < -0.39 is 6.09 Å². The van der Waals surface area contributed by atoms with Gasteiger partial charge in [0.1, 0.15) is 0 Å². The third-order valence-corrected chi connectivity index (χ3v) is 6.06. The topological polar surface area (TPSA) is 43.8 Å². The number of piperazine rings is 1. The van der Waals surface area contributed by atoms with Gasteiger partial charge in [0, 0.05) is 37.2 Å². The van der Waals surface area contributed by atoms with E-state index in [1.54, 1.807) is 0 Å². The van der Waals surface area contributed by atoms with E-state index in [-0.39, 0.29) is 6.04 Å². The second-order valence-electron chi connectivity index (χ2n) is 8.48. The lowest BCUT2D eigenvalue weighted by atomic mass is 9.72. The van der Waals surface area contributed by atoms with Gasteiger partial charge in [0.05, 0.1) is 0 Å². The number of nitrogens with zero attached hydrogens (tertiary/aromatic N) is 2. The van der Waals surface area contributed by atoms with E-state index in [9.17, 15) is 9.90 Å². The van der Waals surface area contributed by atoms with Crippen LogP contribution in [-0.2, 0) is 0 Å². The number of amides is 1. The van der Waals surface area contributed by atoms with Crippen LogP contribution in [0, 0.1) is 5.41 Å². The van der Waals surface area contributed by atoms with Crippen LogP contribution in [0.2, 0.25) is 5.02 Å². The number of benzene rings is 1. The molecule has 1 fully saturated rings. The molecule has 1 aliphatic carbocycles. The molecule has 1 N–H and O–H groups in total. The molecule has 5 heteroatoms. The largest absolute Gasteiger partial charge is 0.465 e. The highest BCUT2D eigenvalue weighted by Gasteiger charge is 2.31. The Hall–Kier alpha value is -1.52. The second kappa shape index (κ2) is 7.61. The van der Waals surface area contributed by atoms with Gasteiger partial charge in [-0.1, -0.05) is 43.2 Å². The summed E-state index contributed by atoms with van der Waals surface area (Å²) in [5.74, 6) is 0. The van der Waals surface area contributed by atoms with Crippen LogP contribution < -0.4 is 0 Å². The van der Waals surface area contributed by atoms with E-state index in [0.717, 1.165) is 31.0 Å². The molecule has 1 aromatic carbocycles. The lowest BCUT2D eigenvalue weighted by Crippen LogP contribution is -2.53. The van der Waals surface area contributed by atoms with Gasteiger partial charge in [-0.05, 0) is 54.9 Å². The van der Waals surface area contributed by atoms with Crippen LogP contribution in [0.4, 0.5) is 4.79 Å². The van der Waals surface area contributed by atoms with Crippen molar-refractivity contribution in [2.45, 2.75) is 46.1 Å². The Bertz CT molecular complexity index is 696. The molecule has 3 rings (SSSR count). The molecular weight excluding hydrogens is 348 g/mol. The highest BCUT2D eigenvalue weighted by molar-refractivity contribution is 6.30. The third-order valence-electron chi connectivity index (χ3n) is 5.81. The quantitative estimate of drug-likeness (QED) is 0.808. The molecule has 1 atom stereocenters. The van der Waals surface area contributed by atoms with Crippen molar-refractivity contribution in [3.63, 3.8) is 0 Å². The fourth-order valence-corrected chi connectivity index (χ4v) is 4.24. The molecule has 1 heterocycles. The second-order valence-corrected chi connectivity index (χ2v) is 8.91. The van der Waals surface area contributed by atoms with Gasteiger partial charge in [0.2, 0.25) is 0 Å². The molecule has 1 aliphatic heterocycles. The van der Waals surface area contributed by atoms with Crippen LogP contribution in [0.15, 0.2) is 29.8 Å². The van der Waals surface area contributed by atoms with Crippen molar-refractivity contribution in [1.82, 2.24) is 9.80 Å². The van der Waals surface area contributed by atoms with Crippen LogP contribution in [0.5, 0.6) is 0 Å². The molecule has 0 saturated carbocycles. The van der Waals surface area contributed by atoms with Crippen molar-refractivity contribution in [3.05, 3.63) is 40.4 Å². The van der Waals surface area contributed by atoms with Gasteiger partial charge in [-0.25, -0.2) is 4.79 Å². The fraction of sp³-hybridized carbons (Fsp3) is 0.571. The molecule has 26 heavy (non-hydrogen) atoms. The molecule has 0 aromatic heterocycles. The normalized spacial score (nSPS) is 24.0. The number of hydrogen-bond acceptors (Lipinski definition) is 2. The van der Waals surface area contributed by atoms with Crippen LogP contribution in [0.3, 0.4) is 0 Å². The van der Waals surface area contributed by atoms with E-state index in [0.29, 0.717) is 18.5 Å². The first-order chi connectivity index (χ1) is 12.2. The maximum absolute atomic E-state index is 11.2. The molecule has 0 bridgehead atoms. The van der Waals surface area contributed by atoms with Gasteiger partial charge in [-0.3, -0.25) is 4.90 Å². The predicted molar refractivity (Wildman–Crippen MR) is 107 cm³/mol. The van der Waals surface area contributed by atoms with Crippen molar-refractivity contribution < 1.29 is 9.90 Å². The molecule has 1 amide bonds.